The molecule has 0 aliphatic carbocycles. The molecule has 3 rings (SSSR count). The van der Waals surface area contributed by atoms with E-state index < -0.39 is 24.1 Å². The lowest BCUT2D eigenvalue weighted by atomic mass is 10.2. The molecule has 0 radical (unpaired) electrons. The molecule has 0 aromatic carbocycles. The van der Waals surface area contributed by atoms with Crippen molar-refractivity contribution in [3.63, 3.8) is 0 Å². The molecule has 1 aliphatic heterocycles. The Bertz CT molecular complexity index is 760. The van der Waals surface area contributed by atoms with E-state index in [0.29, 0.717) is 11.4 Å². The molecule has 2 aromatic heterocycles. The summed E-state index contributed by atoms with van der Waals surface area (Å²) in [7, 11) is 0. The van der Waals surface area contributed by atoms with E-state index in [-0.39, 0.29) is 13.0 Å². The van der Waals surface area contributed by atoms with Gasteiger partial charge in [0, 0.05) is 18.2 Å². The van der Waals surface area contributed by atoms with Crippen LogP contribution in [0.25, 0.3) is 11.9 Å². The molecule has 9 nitrogen and oxygen atoms in total. The van der Waals surface area contributed by atoms with Crippen molar-refractivity contribution in [1.82, 2.24) is 24.3 Å². The summed E-state index contributed by atoms with van der Waals surface area (Å²) >= 11 is 3.20. The first-order valence-electron chi connectivity index (χ1n) is 6.83. The number of rotatable bonds is 4. The second-order valence-corrected chi connectivity index (χ2v) is 5.49. The van der Waals surface area contributed by atoms with Gasteiger partial charge in [-0.05, 0) is 11.1 Å². The van der Waals surface area contributed by atoms with Crippen molar-refractivity contribution < 1.29 is 14.9 Å². The Morgan fingerprint density at radius 2 is 2.35 bits per heavy atom. The number of aliphatic hydroxyl groups excluding tert-OH is 2. The largest absolute Gasteiger partial charge is 0.394 e. The van der Waals surface area contributed by atoms with Gasteiger partial charge in [-0.2, -0.15) is 10.1 Å². The van der Waals surface area contributed by atoms with Crippen molar-refractivity contribution in [3.05, 3.63) is 39.9 Å². The molecule has 0 unspecified atom stereocenters. The number of aliphatic hydroxyl groups is 2. The first kappa shape index (κ1) is 16.0. The van der Waals surface area contributed by atoms with Crippen molar-refractivity contribution in [2.75, 3.05) is 6.61 Å². The van der Waals surface area contributed by atoms with Crippen LogP contribution in [-0.2, 0) is 4.74 Å². The molecular formula is C13H14BrN5O4. The molecule has 2 aromatic rings. The van der Waals surface area contributed by atoms with Gasteiger partial charge < -0.3 is 14.9 Å². The molecule has 3 atom stereocenters. The third-order valence-electron chi connectivity index (χ3n) is 3.53. The summed E-state index contributed by atoms with van der Waals surface area (Å²) in [6.45, 7) is -0.314. The molecule has 1 saturated heterocycles. The highest BCUT2D eigenvalue weighted by atomic mass is 79.9. The standard InChI is InChI=1S/C13H14BrN5O4/c14-2-1-8-4-18(11-3-9(21)10(5-20)23-11)13(22)17-12(8)19-7-15-6-16-19/h1-2,4,6-7,9-11,20-21H,3,5H2/b2-1+/t9-,10+,11+/m0/s1. The third kappa shape index (κ3) is 3.11. The van der Waals surface area contributed by atoms with Gasteiger partial charge in [0.15, 0.2) is 5.82 Å². The summed E-state index contributed by atoms with van der Waals surface area (Å²) in [4.78, 5) is 21.8. The van der Waals surface area contributed by atoms with Crippen LogP contribution in [-0.4, -0.2) is 53.3 Å². The normalized spacial score (nSPS) is 24.6. The van der Waals surface area contributed by atoms with E-state index >= 15 is 0 Å². The smallest absolute Gasteiger partial charge is 0.351 e. The highest BCUT2D eigenvalue weighted by molar-refractivity contribution is 9.11. The van der Waals surface area contributed by atoms with Crippen LogP contribution in [0.3, 0.4) is 0 Å². The Morgan fingerprint density at radius 1 is 1.52 bits per heavy atom. The highest BCUT2D eigenvalue weighted by Gasteiger charge is 2.35. The van der Waals surface area contributed by atoms with Gasteiger partial charge in [0.1, 0.15) is 25.0 Å². The van der Waals surface area contributed by atoms with Crippen LogP contribution in [0.2, 0.25) is 0 Å². The summed E-state index contributed by atoms with van der Waals surface area (Å²) in [5.41, 5.74) is 0.0653. The number of hydrogen-bond donors (Lipinski definition) is 2. The lowest BCUT2D eigenvalue weighted by Gasteiger charge is -2.16. The van der Waals surface area contributed by atoms with E-state index in [0.717, 1.165) is 0 Å². The van der Waals surface area contributed by atoms with Gasteiger partial charge in [-0.15, -0.1) is 0 Å². The van der Waals surface area contributed by atoms with Crippen LogP contribution in [0.1, 0.15) is 18.2 Å². The van der Waals surface area contributed by atoms with Crippen LogP contribution in [0.5, 0.6) is 0 Å². The van der Waals surface area contributed by atoms with Crippen molar-refractivity contribution in [2.45, 2.75) is 24.9 Å². The van der Waals surface area contributed by atoms with Gasteiger partial charge in [0.25, 0.3) is 0 Å². The maximum Gasteiger partial charge on any atom is 0.351 e. The number of hydrogen-bond acceptors (Lipinski definition) is 7. The fourth-order valence-electron chi connectivity index (χ4n) is 2.42. The van der Waals surface area contributed by atoms with Crippen molar-refractivity contribution in [3.8, 4) is 5.82 Å². The molecule has 122 valence electrons. The van der Waals surface area contributed by atoms with E-state index in [1.165, 1.54) is 21.9 Å². The molecular weight excluding hydrogens is 370 g/mol. The fraction of sp³-hybridized carbons (Fsp3) is 0.385. The third-order valence-corrected chi connectivity index (χ3v) is 3.80. The zero-order valence-electron chi connectivity index (χ0n) is 11.9. The second kappa shape index (κ2) is 6.71. The minimum absolute atomic E-state index is 0.201. The van der Waals surface area contributed by atoms with Gasteiger partial charge in [0.2, 0.25) is 0 Å². The second-order valence-electron chi connectivity index (χ2n) is 4.96. The summed E-state index contributed by atoms with van der Waals surface area (Å²) in [6, 6.07) is 0. The number of nitrogens with zero attached hydrogens (tertiary/aromatic N) is 5. The first-order chi connectivity index (χ1) is 11.1. The van der Waals surface area contributed by atoms with Crippen LogP contribution in [0.4, 0.5) is 0 Å². The lowest BCUT2D eigenvalue weighted by Crippen LogP contribution is -2.29. The summed E-state index contributed by atoms with van der Waals surface area (Å²) in [5, 5.41) is 23.0. The van der Waals surface area contributed by atoms with Crippen molar-refractivity contribution >= 4 is 22.0 Å². The van der Waals surface area contributed by atoms with E-state index in [1.54, 1.807) is 17.3 Å². The molecule has 0 bridgehead atoms. The Kier molecular flexibility index (Phi) is 4.66. The molecule has 23 heavy (non-hydrogen) atoms. The van der Waals surface area contributed by atoms with Crippen molar-refractivity contribution in [2.24, 2.45) is 0 Å². The molecule has 3 heterocycles. The summed E-state index contributed by atoms with van der Waals surface area (Å²) in [5.74, 6) is 0.330. The van der Waals surface area contributed by atoms with E-state index in [4.69, 9.17) is 9.84 Å². The molecule has 1 aliphatic rings. The lowest BCUT2D eigenvalue weighted by molar-refractivity contribution is -0.0459. The molecule has 0 amide bonds. The Balaban J connectivity index is 2.03. The predicted molar refractivity (Wildman–Crippen MR) is 83.0 cm³/mol. The quantitative estimate of drug-likeness (QED) is 0.752. The number of ether oxygens (including phenoxy) is 1. The van der Waals surface area contributed by atoms with Crippen LogP contribution in [0.15, 0.2) is 28.6 Å². The minimum atomic E-state index is -0.831. The monoisotopic (exact) mass is 383 g/mol. The average Bonchev–Trinajstić information content (AvgIpc) is 3.18. The van der Waals surface area contributed by atoms with Gasteiger partial charge in [0.05, 0.1) is 12.7 Å². The molecule has 0 spiro atoms. The maximum absolute atomic E-state index is 12.3. The Hall–Kier alpha value is -1.88. The zero-order valence-corrected chi connectivity index (χ0v) is 13.4. The van der Waals surface area contributed by atoms with E-state index in [2.05, 4.69) is 31.0 Å². The topological polar surface area (TPSA) is 115 Å². The predicted octanol–water partition coefficient (Wildman–Crippen LogP) is -0.170. The van der Waals surface area contributed by atoms with Crippen LogP contribution >= 0.6 is 15.9 Å². The van der Waals surface area contributed by atoms with E-state index in [1.807, 2.05) is 0 Å². The summed E-state index contributed by atoms with van der Waals surface area (Å²) < 4.78 is 8.18. The van der Waals surface area contributed by atoms with E-state index in [9.17, 15) is 9.90 Å². The van der Waals surface area contributed by atoms with Crippen LogP contribution in [0, 0.1) is 0 Å². The minimum Gasteiger partial charge on any atom is -0.394 e. The average molecular weight is 384 g/mol. The number of aromatic nitrogens is 5. The molecule has 2 N–H and O–H groups in total. The Labute approximate surface area is 139 Å². The summed E-state index contributed by atoms with van der Waals surface area (Å²) in [6.07, 6.45) is 4.03. The molecule has 10 heteroatoms. The Morgan fingerprint density at radius 3 is 2.96 bits per heavy atom. The SMILES string of the molecule is O=c1nc(-n2cncn2)c(/C=C/Br)cn1[C@H]1C[C@H](O)[C@@H](CO)O1. The molecule has 0 saturated carbocycles. The van der Waals surface area contributed by atoms with Gasteiger partial charge >= 0.3 is 5.69 Å². The van der Waals surface area contributed by atoms with Gasteiger partial charge in [-0.3, -0.25) is 4.57 Å². The highest BCUT2D eigenvalue weighted by Crippen LogP contribution is 2.28. The van der Waals surface area contributed by atoms with Gasteiger partial charge in [-0.1, -0.05) is 15.9 Å². The van der Waals surface area contributed by atoms with Crippen molar-refractivity contribution in [1.29, 1.82) is 0 Å². The maximum atomic E-state index is 12.3. The van der Waals surface area contributed by atoms with Crippen LogP contribution < -0.4 is 5.69 Å². The van der Waals surface area contributed by atoms with Gasteiger partial charge in [-0.25, -0.2) is 14.5 Å². The number of halogens is 1. The first-order valence-corrected chi connectivity index (χ1v) is 7.75. The zero-order chi connectivity index (χ0) is 16.4. The fourth-order valence-corrected chi connectivity index (χ4v) is 2.70. The molecule has 1 fully saturated rings.